The number of β-amino-alcohol motifs (C(OH)–C–C–N with tert-alkyl or cyclic N) is 1. The zero-order valence-electron chi connectivity index (χ0n) is 14.5. The predicted molar refractivity (Wildman–Crippen MR) is 88.4 cm³/mol. The lowest BCUT2D eigenvalue weighted by atomic mass is 9.83. The van der Waals surface area contributed by atoms with Crippen LogP contribution in [0.3, 0.4) is 0 Å². The van der Waals surface area contributed by atoms with Crippen LogP contribution in [0.15, 0.2) is 0 Å². The number of carbonyl (C=O) groups is 1. The van der Waals surface area contributed by atoms with Crippen LogP contribution in [0.2, 0.25) is 0 Å². The van der Waals surface area contributed by atoms with Crippen molar-refractivity contribution < 1.29 is 19.4 Å². The van der Waals surface area contributed by atoms with Crippen LogP contribution in [-0.4, -0.2) is 78.1 Å². The van der Waals surface area contributed by atoms with Crippen molar-refractivity contribution in [3.05, 3.63) is 0 Å². The molecule has 0 radical (unpaired) electrons. The van der Waals surface area contributed by atoms with Crippen LogP contribution in [0.5, 0.6) is 0 Å². The Morgan fingerprint density at radius 3 is 2.38 bits per heavy atom. The molecule has 3 heterocycles. The first-order chi connectivity index (χ1) is 11.6. The van der Waals surface area contributed by atoms with Crippen molar-refractivity contribution in [2.24, 2.45) is 5.92 Å². The number of hydrogen-bond acceptors (Lipinski definition) is 5. The van der Waals surface area contributed by atoms with Gasteiger partial charge in [-0.05, 0) is 31.6 Å². The van der Waals surface area contributed by atoms with Gasteiger partial charge in [-0.25, -0.2) is 0 Å². The topological polar surface area (TPSA) is 62.2 Å². The molecule has 0 unspecified atom stereocenters. The van der Waals surface area contributed by atoms with Crippen LogP contribution in [0.4, 0.5) is 0 Å². The first kappa shape index (κ1) is 16.8. The van der Waals surface area contributed by atoms with Gasteiger partial charge < -0.3 is 19.5 Å². The average Bonchev–Trinajstić information content (AvgIpc) is 2.98. The molecular formula is C18H30N2O4. The molecule has 1 saturated carbocycles. The molecule has 0 aromatic carbocycles. The number of nitrogens with zero attached hydrogens (tertiary/aromatic N) is 2. The summed E-state index contributed by atoms with van der Waals surface area (Å²) in [6.07, 6.45) is 6.89. The fourth-order valence-electron chi connectivity index (χ4n) is 4.58. The van der Waals surface area contributed by atoms with Crippen LogP contribution in [0, 0.1) is 5.92 Å². The molecule has 0 bridgehead atoms. The highest BCUT2D eigenvalue weighted by atomic mass is 16.7. The van der Waals surface area contributed by atoms with Gasteiger partial charge in [0, 0.05) is 45.6 Å². The van der Waals surface area contributed by atoms with E-state index in [9.17, 15) is 9.90 Å². The van der Waals surface area contributed by atoms with Crippen LogP contribution in [0.1, 0.15) is 44.9 Å². The minimum Gasteiger partial charge on any atom is -0.379 e. The second kappa shape index (κ2) is 6.56. The van der Waals surface area contributed by atoms with Crippen LogP contribution >= 0.6 is 0 Å². The molecule has 6 heteroatoms. The maximum Gasteiger partial charge on any atom is 0.255 e. The molecule has 0 aromatic rings. The number of ether oxygens (including phenoxy) is 2. The van der Waals surface area contributed by atoms with Crippen molar-refractivity contribution in [2.45, 2.75) is 56.3 Å². The molecule has 1 N–H and O–H groups in total. The van der Waals surface area contributed by atoms with Crippen molar-refractivity contribution in [1.82, 2.24) is 9.80 Å². The summed E-state index contributed by atoms with van der Waals surface area (Å²) in [5.74, 6) is 0.212. The number of rotatable bonds is 4. The van der Waals surface area contributed by atoms with E-state index in [1.54, 1.807) is 0 Å². The number of carbonyl (C=O) groups excluding carboxylic acids is 1. The standard InChI is InChI=1S/C18H30N2O4/c21-16-17(22,5-2-8-20(16)13-15-3-1-4-15)14-19-9-6-18(7-10-19)23-11-12-24-18/h15,22H,1-14H2/t17-/m0/s1. The van der Waals surface area contributed by atoms with Crippen LogP contribution in [-0.2, 0) is 14.3 Å². The van der Waals surface area contributed by atoms with Crippen molar-refractivity contribution in [2.75, 3.05) is 45.9 Å². The minimum absolute atomic E-state index is 0.0469. The Morgan fingerprint density at radius 2 is 1.75 bits per heavy atom. The Morgan fingerprint density at radius 1 is 1.04 bits per heavy atom. The van der Waals surface area contributed by atoms with E-state index < -0.39 is 11.4 Å². The fourth-order valence-corrected chi connectivity index (χ4v) is 4.58. The number of aliphatic hydroxyl groups is 1. The summed E-state index contributed by atoms with van der Waals surface area (Å²) in [7, 11) is 0. The van der Waals surface area contributed by atoms with Gasteiger partial charge >= 0.3 is 0 Å². The number of piperidine rings is 2. The van der Waals surface area contributed by atoms with Crippen molar-refractivity contribution in [1.29, 1.82) is 0 Å². The molecule has 136 valence electrons. The third kappa shape index (κ3) is 3.21. The van der Waals surface area contributed by atoms with E-state index in [0.717, 1.165) is 45.4 Å². The van der Waals surface area contributed by atoms with Crippen LogP contribution < -0.4 is 0 Å². The second-order valence-corrected chi connectivity index (χ2v) is 8.07. The summed E-state index contributed by atoms with van der Waals surface area (Å²) in [6, 6.07) is 0. The summed E-state index contributed by atoms with van der Waals surface area (Å²) < 4.78 is 11.5. The average molecular weight is 338 g/mol. The summed E-state index contributed by atoms with van der Waals surface area (Å²) in [5, 5.41) is 11.0. The quantitative estimate of drug-likeness (QED) is 0.828. The third-order valence-corrected chi connectivity index (χ3v) is 6.32. The molecule has 1 atom stereocenters. The van der Waals surface area contributed by atoms with E-state index in [4.69, 9.17) is 9.47 Å². The third-order valence-electron chi connectivity index (χ3n) is 6.32. The van der Waals surface area contributed by atoms with E-state index in [2.05, 4.69) is 4.90 Å². The van der Waals surface area contributed by atoms with Gasteiger partial charge in [0.25, 0.3) is 5.91 Å². The Labute approximate surface area is 144 Å². The Hall–Kier alpha value is -0.690. The van der Waals surface area contributed by atoms with Gasteiger partial charge in [0.15, 0.2) is 11.4 Å². The molecule has 1 amide bonds. The summed E-state index contributed by atoms with van der Waals surface area (Å²) in [6.45, 7) is 5.09. The maximum atomic E-state index is 12.8. The van der Waals surface area contributed by atoms with Gasteiger partial charge in [0.2, 0.25) is 0 Å². The smallest absolute Gasteiger partial charge is 0.255 e. The van der Waals surface area contributed by atoms with Gasteiger partial charge in [-0.1, -0.05) is 6.42 Å². The van der Waals surface area contributed by atoms with E-state index in [1.807, 2.05) is 4.90 Å². The lowest BCUT2D eigenvalue weighted by Gasteiger charge is -2.45. The molecule has 6 nitrogen and oxygen atoms in total. The van der Waals surface area contributed by atoms with Crippen molar-refractivity contribution in [3.63, 3.8) is 0 Å². The summed E-state index contributed by atoms with van der Waals surface area (Å²) in [4.78, 5) is 17.0. The monoisotopic (exact) mass is 338 g/mol. The second-order valence-electron chi connectivity index (χ2n) is 8.07. The first-order valence-electron chi connectivity index (χ1n) is 9.61. The van der Waals surface area contributed by atoms with Gasteiger partial charge in [0.05, 0.1) is 13.2 Å². The SMILES string of the molecule is O=C1N(CC2CCC2)CCC[C@]1(O)CN1CCC2(CC1)OCCO2. The molecule has 4 aliphatic rings. The zero-order chi connectivity index (χ0) is 16.6. The lowest BCUT2D eigenvalue weighted by molar-refractivity contribution is -0.191. The highest BCUT2D eigenvalue weighted by Gasteiger charge is 2.46. The molecule has 3 aliphatic heterocycles. The van der Waals surface area contributed by atoms with Crippen LogP contribution in [0.25, 0.3) is 0 Å². The van der Waals surface area contributed by atoms with Crippen molar-refractivity contribution in [3.8, 4) is 0 Å². The lowest BCUT2D eigenvalue weighted by Crippen LogP contribution is -2.60. The Balaban J connectivity index is 1.33. The molecule has 4 rings (SSSR count). The number of likely N-dealkylation sites (tertiary alicyclic amines) is 2. The Bertz CT molecular complexity index is 466. The minimum atomic E-state index is -1.20. The Kier molecular flexibility index (Phi) is 4.58. The predicted octanol–water partition coefficient (Wildman–Crippen LogP) is 0.979. The van der Waals surface area contributed by atoms with Gasteiger partial charge in [-0.2, -0.15) is 0 Å². The largest absolute Gasteiger partial charge is 0.379 e. The molecule has 24 heavy (non-hydrogen) atoms. The van der Waals surface area contributed by atoms with E-state index in [1.165, 1.54) is 19.3 Å². The molecule has 1 aliphatic carbocycles. The molecule has 4 fully saturated rings. The highest BCUT2D eigenvalue weighted by molar-refractivity contribution is 5.86. The molecular weight excluding hydrogens is 308 g/mol. The number of hydrogen-bond donors (Lipinski definition) is 1. The summed E-state index contributed by atoms with van der Waals surface area (Å²) >= 11 is 0. The zero-order valence-corrected chi connectivity index (χ0v) is 14.5. The maximum absolute atomic E-state index is 12.8. The van der Waals surface area contributed by atoms with E-state index >= 15 is 0 Å². The van der Waals surface area contributed by atoms with E-state index in [0.29, 0.717) is 32.1 Å². The van der Waals surface area contributed by atoms with Gasteiger partial charge in [0.1, 0.15) is 0 Å². The van der Waals surface area contributed by atoms with Gasteiger partial charge in [-0.3, -0.25) is 9.69 Å². The molecule has 3 saturated heterocycles. The molecule has 1 spiro atoms. The van der Waals surface area contributed by atoms with Gasteiger partial charge in [-0.15, -0.1) is 0 Å². The van der Waals surface area contributed by atoms with E-state index in [-0.39, 0.29) is 5.91 Å². The highest BCUT2D eigenvalue weighted by Crippen LogP contribution is 2.34. The fraction of sp³-hybridized carbons (Fsp3) is 0.944. The normalized spacial score (nSPS) is 34.7. The van der Waals surface area contributed by atoms with Crippen molar-refractivity contribution >= 4 is 5.91 Å². The summed E-state index contributed by atoms with van der Waals surface area (Å²) in [5.41, 5.74) is -1.20. The number of amides is 1. The first-order valence-corrected chi connectivity index (χ1v) is 9.61. The molecule has 0 aromatic heterocycles.